The van der Waals surface area contributed by atoms with Gasteiger partial charge in [-0.2, -0.15) is 0 Å². The number of hydrogen-bond acceptors (Lipinski definition) is 4. The number of carbonyl (C=O) groups excluding carboxylic acids is 2. The monoisotopic (exact) mass is 416 g/mol. The van der Waals surface area contributed by atoms with E-state index in [4.69, 9.17) is 4.74 Å². The van der Waals surface area contributed by atoms with Gasteiger partial charge in [0.05, 0.1) is 7.11 Å². The molecule has 0 radical (unpaired) electrons. The van der Waals surface area contributed by atoms with E-state index in [0.717, 1.165) is 13.0 Å². The molecule has 7 heteroatoms. The lowest BCUT2D eigenvalue weighted by Gasteiger charge is -2.32. The number of halogens is 1. The molecule has 3 heterocycles. The van der Waals surface area contributed by atoms with Crippen LogP contribution in [0.2, 0.25) is 0 Å². The molecule has 1 saturated heterocycles. The van der Waals surface area contributed by atoms with Gasteiger partial charge in [0.15, 0.2) is 0 Å². The lowest BCUT2D eigenvalue weighted by atomic mass is 9.84. The van der Waals surface area contributed by atoms with E-state index in [0.29, 0.717) is 50.0 Å². The molecule has 0 bridgehead atoms. The Bertz CT molecular complexity index is 929. The average Bonchev–Trinajstić information content (AvgIpc) is 3.34. The first kappa shape index (κ1) is 19.9. The number of hydrogen-bond donors (Lipinski definition) is 1. The Morgan fingerprint density at radius 1 is 1.34 bits per heavy atom. The maximum Gasteiger partial charge on any atom is 0.222 e. The molecule has 4 rings (SSSR count). The summed E-state index contributed by atoms with van der Waals surface area (Å²) in [5.74, 6) is 0.172. The SMILES string of the molecule is COc1ccc(C[C@]2(CCC(=O)N3CCc4sccc4C3)CCC(=O)N2)c(F)c1. The van der Waals surface area contributed by atoms with Crippen LogP contribution in [0.4, 0.5) is 4.39 Å². The number of thiophene rings is 1. The zero-order valence-corrected chi connectivity index (χ0v) is 17.3. The van der Waals surface area contributed by atoms with Gasteiger partial charge in [-0.25, -0.2) is 4.39 Å². The van der Waals surface area contributed by atoms with Crippen LogP contribution in [0.25, 0.3) is 0 Å². The summed E-state index contributed by atoms with van der Waals surface area (Å²) in [6.45, 7) is 1.39. The van der Waals surface area contributed by atoms with Gasteiger partial charge in [-0.3, -0.25) is 9.59 Å². The molecule has 154 valence electrons. The minimum Gasteiger partial charge on any atom is -0.497 e. The number of benzene rings is 1. The Labute approximate surface area is 173 Å². The maximum absolute atomic E-state index is 14.5. The molecule has 0 saturated carbocycles. The second-order valence-electron chi connectivity index (χ2n) is 7.90. The van der Waals surface area contributed by atoms with Crippen LogP contribution in [0, 0.1) is 5.82 Å². The molecule has 1 fully saturated rings. The predicted molar refractivity (Wildman–Crippen MR) is 109 cm³/mol. The summed E-state index contributed by atoms with van der Waals surface area (Å²) in [7, 11) is 1.50. The van der Waals surface area contributed by atoms with Crippen molar-refractivity contribution >= 4 is 23.2 Å². The first-order valence-corrected chi connectivity index (χ1v) is 10.8. The van der Waals surface area contributed by atoms with Crippen LogP contribution >= 0.6 is 11.3 Å². The molecular formula is C22H25FN2O3S. The van der Waals surface area contributed by atoms with Crippen LogP contribution < -0.4 is 10.1 Å². The maximum atomic E-state index is 14.5. The molecule has 2 aliphatic heterocycles. The number of rotatable bonds is 6. The minimum absolute atomic E-state index is 0.0349. The third kappa shape index (κ3) is 4.29. The Balaban J connectivity index is 1.43. The fourth-order valence-corrected chi connectivity index (χ4v) is 5.20. The highest BCUT2D eigenvalue weighted by atomic mass is 32.1. The highest BCUT2D eigenvalue weighted by molar-refractivity contribution is 7.10. The van der Waals surface area contributed by atoms with Gasteiger partial charge in [0.2, 0.25) is 11.8 Å². The molecule has 1 atom stereocenters. The lowest BCUT2D eigenvalue weighted by Crippen LogP contribution is -2.45. The van der Waals surface area contributed by atoms with Gasteiger partial charge in [-0.05, 0) is 54.3 Å². The van der Waals surface area contributed by atoms with Gasteiger partial charge in [0, 0.05) is 42.4 Å². The quantitative estimate of drug-likeness (QED) is 0.785. The zero-order valence-electron chi connectivity index (χ0n) is 16.5. The van der Waals surface area contributed by atoms with Gasteiger partial charge in [-0.15, -0.1) is 11.3 Å². The van der Waals surface area contributed by atoms with E-state index in [1.807, 2.05) is 4.90 Å². The van der Waals surface area contributed by atoms with Gasteiger partial charge in [0.1, 0.15) is 11.6 Å². The van der Waals surface area contributed by atoms with Gasteiger partial charge >= 0.3 is 0 Å². The van der Waals surface area contributed by atoms with Crippen LogP contribution in [0.15, 0.2) is 29.6 Å². The normalized spacial score (nSPS) is 21.0. The van der Waals surface area contributed by atoms with Crippen molar-refractivity contribution in [2.45, 2.75) is 50.6 Å². The van der Waals surface area contributed by atoms with Crippen LogP contribution in [0.5, 0.6) is 5.75 Å². The predicted octanol–water partition coefficient (Wildman–Crippen LogP) is 3.45. The Morgan fingerprint density at radius 3 is 2.93 bits per heavy atom. The molecule has 1 aromatic heterocycles. The summed E-state index contributed by atoms with van der Waals surface area (Å²) < 4.78 is 19.6. The number of nitrogens with zero attached hydrogens (tertiary/aromatic N) is 1. The van der Waals surface area contributed by atoms with E-state index in [2.05, 4.69) is 16.8 Å². The minimum atomic E-state index is -0.578. The van der Waals surface area contributed by atoms with E-state index in [1.165, 1.54) is 23.6 Å². The highest BCUT2D eigenvalue weighted by Crippen LogP contribution is 2.32. The standard InChI is InChI=1S/C22H25FN2O3S/c1-28-17-3-2-15(18(23)12-17)13-22(8-4-20(26)24-22)9-5-21(27)25-10-6-19-16(14-25)7-11-29-19/h2-3,7,11-12H,4-6,8-10,13-14H2,1H3,(H,24,26)/t22-/m1/s1. The van der Waals surface area contributed by atoms with Crippen molar-refractivity contribution in [2.75, 3.05) is 13.7 Å². The Kier molecular flexibility index (Phi) is 5.58. The van der Waals surface area contributed by atoms with Crippen LogP contribution in [-0.2, 0) is 29.0 Å². The molecule has 0 aliphatic carbocycles. The number of fused-ring (bicyclic) bond motifs is 1. The molecule has 5 nitrogen and oxygen atoms in total. The number of nitrogens with one attached hydrogen (secondary N) is 1. The first-order valence-electron chi connectivity index (χ1n) is 9.94. The zero-order chi connectivity index (χ0) is 20.4. The number of ether oxygens (including phenoxy) is 1. The van der Waals surface area contributed by atoms with Gasteiger partial charge in [-0.1, -0.05) is 6.07 Å². The third-order valence-corrected chi connectivity index (χ3v) is 7.03. The van der Waals surface area contributed by atoms with Crippen molar-refractivity contribution in [1.29, 1.82) is 0 Å². The summed E-state index contributed by atoms with van der Waals surface area (Å²) in [6, 6.07) is 6.87. The van der Waals surface area contributed by atoms with Crippen molar-refractivity contribution in [3.05, 3.63) is 51.5 Å². The molecule has 0 unspecified atom stereocenters. The largest absolute Gasteiger partial charge is 0.497 e. The lowest BCUT2D eigenvalue weighted by molar-refractivity contribution is -0.132. The number of amides is 2. The van der Waals surface area contributed by atoms with E-state index in [-0.39, 0.29) is 17.6 Å². The molecule has 29 heavy (non-hydrogen) atoms. The van der Waals surface area contributed by atoms with Crippen molar-refractivity contribution in [3.63, 3.8) is 0 Å². The van der Waals surface area contributed by atoms with Gasteiger partial charge in [0.25, 0.3) is 0 Å². The molecule has 0 spiro atoms. The van der Waals surface area contributed by atoms with E-state index in [9.17, 15) is 14.0 Å². The summed E-state index contributed by atoms with van der Waals surface area (Å²) in [6.07, 6.45) is 3.15. The van der Waals surface area contributed by atoms with Crippen LogP contribution in [-0.4, -0.2) is 35.9 Å². The van der Waals surface area contributed by atoms with Crippen LogP contribution in [0.1, 0.15) is 41.7 Å². The summed E-state index contributed by atoms with van der Waals surface area (Å²) in [4.78, 5) is 28.1. The topological polar surface area (TPSA) is 58.6 Å². The van der Waals surface area contributed by atoms with E-state index >= 15 is 0 Å². The van der Waals surface area contributed by atoms with Crippen molar-refractivity contribution in [3.8, 4) is 5.75 Å². The fourth-order valence-electron chi connectivity index (χ4n) is 4.31. The highest BCUT2D eigenvalue weighted by Gasteiger charge is 2.39. The van der Waals surface area contributed by atoms with Crippen molar-refractivity contribution < 1.29 is 18.7 Å². The second-order valence-corrected chi connectivity index (χ2v) is 8.90. The fraction of sp³-hybridized carbons (Fsp3) is 0.455. The number of carbonyl (C=O) groups is 2. The molecule has 2 aromatic rings. The average molecular weight is 417 g/mol. The third-order valence-electron chi connectivity index (χ3n) is 6.00. The second kappa shape index (κ2) is 8.14. The van der Waals surface area contributed by atoms with Gasteiger partial charge < -0.3 is 15.0 Å². The van der Waals surface area contributed by atoms with E-state index in [1.54, 1.807) is 23.5 Å². The Morgan fingerprint density at radius 2 is 2.21 bits per heavy atom. The molecule has 1 aromatic carbocycles. The molecule has 1 N–H and O–H groups in total. The number of methoxy groups -OCH3 is 1. The Hall–Kier alpha value is -2.41. The molecule has 2 aliphatic rings. The molecular weight excluding hydrogens is 391 g/mol. The smallest absolute Gasteiger partial charge is 0.222 e. The van der Waals surface area contributed by atoms with Crippen molar-refractivity contribution in [2.24, 2.45) is 0 Å². The summed E-state index contributed by atoms with van der Waals surface area (Å²) in [5.41, 5.74) is 1.19. The van der Waals surface area contributed by atoms with Crippen LogP contribution in [0.3, 0.4) is 0 Å². The molecule has 2 amide bonds. The van der Waals surface area contributed by atoms with Crippen molar-refractivity contribution in [1.82, 2.24) is 10.2 Å². The first-order chi connectivity index (χ1) is 14.0. The van der Waals surface area contributed by atoms with E-state index < -0.39 is 5.54 Å². The summed E-state index contributed by atoms with van der Waals surface area (Å²) >= 11 is 1.75. The summed E-state index contributed by atoms with van der Waals surface area (Å²) in [5, 5.41) is 5.11.